The van der Waals surface area contributed by atoms with Crippen molar-refractivity contribution in [2.24, 2.45) is 0 Å². The van der Waals surface area contributed by atoms with Crippen molar-refractivity contribution >= 4 is 27.5 Å². The van der Waals surface area contributed by atoms with Gasteiger partial charge in [-0.3, -0.25) is 13.9 Å². The number of benzene rings is 2. The lowest BCUT2D eigenvalue weighted by molar-refractivity contribution is -0.140. The predicted octanol–water partition coefficient (Wildman–Crippen LogP) is 4.25. The lowest BCUT2D eigenvalue weighted by Crippen LogP contribution is -2.53. The number of rotatable bonds is 12. The van der Waals surface area contributed by atoms with Crippen LogP contribution in [0, 0.1) is 5.82 Å². The van der Waals surface area contributed by atoms with Crippen LogP contribution >= 0.6 is 0 Å². The average Bonchev–Trinajstić information content (AvgIpc) is 2.89. The van der Waals surface area contributed by atoms with Crippen LogP contribution in [0.1, 0.15) is 57.9 Å². The van der Waals surface area contributed by atoms with Gasteiger partial charge in [-0.2, -0.15) is 0 Å². The van der Waals surface area contributed by atoms with Gasteiger partial charge >= 0.3 is 0 Å². The molecule has 2 aromatic rings. The summed E-state index contributed by atoms with van der Waals surface area (Å²) in [5, 5.41) is 3.09. The third-order valence-electron chi connectivity index (χ3n) is 6.72. The fourth-order valence-electron chi connectivity index (χ4n) is 4.74. The molecule has 38 heavy (non-hydrogen) atoms. The van der Waals surface area contributed by atoms with Crippen LogP contribution in [0.25, 0.3) is 0 Å². The van der Waals surface area contributed by atoms with Gasteiger partial charge in [0.05, 0.1) is 18.6 Å². The Balaban J connectivity index is 1.89. The van der Waals surface area contributed by atoms with Gasteiger partial charge in [-0.25, -0.2) is 12.8 Å². The zero-order valence-corrected chi connectivity index (χ0v) is 23.2. The molecule has 0 aliphatic heterocycles. The number of hydrogen-bond donors (Lipinski definition) is 1. The minimum absolute atomic E-state index is 0.0383. The fourth-order valence-corrected chi connectivity index (χ4v) is 5.59. The highest BCUT2D eigenvalue weighted by Gasteiger charge is 2.32. The number of nitrogens with one attached hydrogen (secondary N) is 1. The maximum Gasteiger partial charge on any atom is 0.244 e. The smallest absolute Gasteiger partial charge is 0.244 e. The van der Waals surface area contributed by atoms with Crippen molar-refractivity contribution in [3.63, 3.8) is 0 Å². The van der Waals surface area contributed by atoms with Crippen molar-refractivity contribution in [3.8, 4) is 5.75 Å². The van der Waals surface area contributed by atoms with Crippen LogP contribution in [-0.4, -0.2) is 56.6 Å². The lowest BCUT2D eigenvalue weighted by atomic mass is 9.95. The Morgan fingerprint density at radius 3 is 2.21 bits per heavy atom. The molecule has 0 unspecified atom stereocenters. The molecule has 8 nitrogen and oxygen atoms in total. The van der Waals surface area contributed by atoms with E-state index in [9.17, 15) is 22.4 Å². The minimum atomic E-state index is -3.83. The lowest BCUT2D eigenvalue weighted by Gasteiger charge is -2.34. The van der Waals surface area contributed by atoms with E-state index in [2.05, 4.69) is 5.32 Å². The van der Waals surface area contributed by atoms with E-state index < -0.39 is 34.3 Å². The quantitative estimate of drug-likeness (QED) is 0.429. The molecule has 0 heterocycles. The molecule has 2 aromatic carbocycles. The Hall–Kier alpha value is -3.14. The molecule has 0 aromatic heterocycles. The summed E-state index contributed by atoms with van der Waals surface area (Å²) in [6, 6.07) is 11.4. The summed E-state index contributed by atoms with van der Waals surface area (Å²) in [4.78, 5) is 28.5. The molecule has 0 bridgehead atoms. The molecule has 1 saturated carbocycles. The standard InChI is InChI=1S/C28H38FN3O5S/c1-4-26(28(34)30-23-9-7-6-8-10-23)31(19-21-11-13-22(29)14-12-21)27(33)20-32(38(3,35)36)24-15-17-25(18-16-24)37-5-2/h11-18,23,26H,4-10,19-20H2,1-3H3,(H,30,34)/t26-/m1/s1. The maximum absolute atomic E-state index is 13.8. The number of sulfonamides is 1. The highest BCUT2D eigenvalue weighted by Crippen LogP contribution is 2.23. The summed E-state index contributed by atoms with van der Waals surface area (Å²) >= 11 is 0. The maximum atomic E-state index is 13.8. The zero-order valence-electron chi connectivity index (χ0n) is 22.4. The Morgan fingerprint density at radius 1 is 1.03 bits per heavy atom. The van der Waals surface area contributed by atoms with E-state index in [0.717, 1.165) is 42.7 Å². The molecule has 1 aliphatic rings. The topological polar surface area (TPSA) is 96.0 Å². The van der Waals surface area contributed by atoms with Crippen LogP contribution in [0.5, 0.6) is 5.75 Å². The van der Waals surface area contributed by atoms with Gasteiger partial charge < -0.3 is 15.0 Å². The number of anilines is 1. The van der Waals surface area contributed by atoms with E-state index >= 15 is 0 Å². The number of halogens is 1. The average molecular weight is 548 g/mol. The number of hydrogen-bond acceptors (Lipinski definition) is 5. The van der Waals surface area contributed by atoms with E-state index in [0.29, 0.717) is 30.0 Å². The Kier molecular flexibility index (Phi) is 10.5. The molecule has 0 spiro atoms. The van der Waals surface area contributed by atoms with Gasteiger partial charge in [0.1, 0.15) is 24.2 Å². The Morgan fingerprint density at radius 2 is 1.66 bits per heavy atom. The second-order valence-corrected chi connectivity index (χ2v) is 11.5. The summed E-state index contributed by atoms with van der Waals surface area (Å²) in [6.45, 7) is 3.68. The summed E-state index contributed by atoms with van der Waals surface area (Å²) < 4.78 is 45.5. The van der Waals surface area contributed by atoms with Crippen LogP contribution in [0.2, 0.25) is 0 Å². The van der Waals surface area contributed by atoms with Crippen LogP contribution in [0.15, 0.2) is 48.5 Å². The van der Waals surface area contributed by atoms with Crippen molar-refractivity contribution in [3.05, 3.63) is 59.9 Å². The number of carbonyl (C=O) groups is 2. The van der Waals surface area contributed by atoms with Crippen LogP contribution in [-0.2, 0) is 26.2 Å². The molecule has 10 heteroatoms. The highest BCUT2D eigenvalue weighted by atomic mass is 32.2. The molecular formula is C28H38FN3O5S. The highest BCUT2D eigenvalue weighted by molar-refractivity contribution is 7.92. The first-order chi connectivity index (χ1) is 18.1. The second kappa shape index (κ2) is 13.6. The van der Waals surface area contributed by atoms with Crippen molar-refractivity contribution in [1.82, 2.24) is 10.2 Å². The monoisotopic (exact) mass is 547 g/mol. The van der Waals surface area contributed by atoms with Crippen LogP contribution < -0.4 is 14.4 Å². The first-order valence-electron chi connectivity index (χ1n) is 13.2. The van der Waals surface area contributed by atoms with E-state index in [-0.39, 0.29) is 18.5 Å². The molecule has 208 valence electrons. The Labute approximate surface area is 225 Å². The predicted molar refractivity (Wildman–Crippen MR) is 146 cm³/mol. The van der Waals surface area contributed by atoms with Crippen LogP contribution in [0.3, 0.4) is 0 Å². The van der Waals surface area contributed by atoms with Gasteiger partial charge in [0.15, 0.2) is 0 Å². The van der Waals surface area contributed by atoms with Gasteiger partial charge in [-0.1, -0.05) is 38.3 Å². The van der Waals surface area contributed by atoms with Gasteiger partial charge in [0.25, 0.3) is 0 Å². The molecule has 1 fully saturated rings. The third-order valence-corrected chi connectivity index (χ3v) is 7.86. The number of carbonyl (C=O) groups excluding carboxylic acids is 2. The summed E-state index contributed by atoms with van der Waals surface area (Å²) in [6.07, 6.45) is 6.41. The molecule has 0 saturated heterocycles. The summed E-state index contributed by atoms with van der Waals surface area (Å²) in [5.41, 5.74) is 0.946. The van der Waals surface area contributed by atoms with Gasteiger partial charge in [0.2, 0.25) is 21.8 Å². The van der Waals surface area contributed by atoms with Crippen molar-refractivity contribution < 1.29 is 27.1 Å². The van der Waals surface area contributed by atoms with Gasteiger partial charge in [0, 0.05) is 12.6 Å². The van der Waals surface area contributed by atoms with Crippen molar-refractivity contribution in [2.75, 3.05) is 23.7 Å². The fraction of sp³-hybridized carbons (Fsp3) is 0.500. The molecule has 1 atom stereocenters. The summed E-state index contributed by atoms with van der Waals surface area (Å²) in [5.74, 6) is -0.618. The molecule has 1 N–H and O–H groups in total. The normalized spacial score (nSPS) is 14.9. The molecule has 3 rings (SSSR count). The van der Waals surface area contributed by atoms with Gasteiger partial charge in [-0.15, -0.1) is 0 Å². The zero-order chi connectivity index (χ0) is 27.7. The summed E-state index contributed by atoms with van der Waals surface area (Å²) in [7, 11) is -3.83. The van der Waals surface area contributed by atoms with Crippen LogP contribution in [0.4, 0.5) is 10.1 Å². The molecular weight excluding hydrogens is 509 g/mol. The van der Waals surface area contributed by atoms with Crippen molar-refractivity contribution in [1.29, 1.82) is 0 Å². The van der Waals surface area contributed by atoms with Gasteiger partial charge in [-0.05, 0) is 68.1 Å². The minimum Gasteiger partial charge on any atom is -0.494 e. The SMILES string of the molecule is CCOc1ccc(N(CC(=O)N(Cc2ccc(F)cc2)[C@H](CC)C(=O)NC2CCCCC2)S(C)(=O)=O)cc1. The van der Waals surface area contributed by atoms with E-state index in [1.165, 1.54) is 17.0 Å². The van der Waals surface area contributed by atoms with E-state index in [4.69, 9.17) is 4.74 Å². The number of nitrogens with zero attached hydrogens (tertiary/aromatic N) is 2. The molecule has 2 amide bonds. The van der Waals surface area contributed by atoms with E-state index in [1.54, 1.807) is 36.4 Å². The third kappa shape index (κ3) is 8.18. The molecule has 0 radical (unpaired) electrons. The Bertz CT molecular complexity index is 1170. The number of ether oxygens (including phenoxy) is 1. The largest absolute Gasteiger partial charge is 0.494 e. The first-order valence-corrected chi connectivity index (χ1v) is 15.0. The first kappa shape index (κ1) is 29.4. The second-order valence-electron chi connectivity index (χ2n) is 9.61. The number of amides is 2. The van der Waals surface area contributed by atoms with E-state index in [1.807, 2.05) is 13.8 Å². The molecule has 1 aliphatic carbocycles. The van der Waals surface area contributed by atoms with Crippen molar-refractivity contribution in [2.45, 2.75) is 71.0 Å².